The summed E-state index contributed by atoms with van der Waals surface area (Å²) < 4.78 is 5.60. The van der Waals surface area contributed by atoms with Crippen LogP contribution in [-0.4, -0.2) is 19.2 Å². The van der Waals surface area contributed by atoms with Gasteiger partial charge in [-0.25, -0.2) is 0 Å². The zero-order valence-corrected chi connectivity index (χ0v) is 13.1. The molecular formula is C17H29NO. The Bertz CT molecular complexity index is 373. The van der Waals surface area contributed by atoms with Crippen molar-refractivity contribution in [3.05, 3.63) is 29.8 Å². The molecule has 2 nitrogen and oxygen atoms in total. The van der Waals surface area contributed by atoms with Crippen LogP contribution in [-0.2, 0) is 5.41 Å². The van der Waals surface area contributed by atoms with Gasteiger partial charge in [0.25, 0.3) is 0 Å². The molecule has 0 saturated heterocycles. The van der Waals surface area contributed by atoms with E-state index in [-0.39, 0.29) is 5.41 Å². The van der Waals surface area contributed by atoms with Gasteiger partial charge in [-0.05, 0) is 56.3 Å². The number of benzene rings is 1. The highest BCUT2D eigenvalue weighted by Gasteiger charge is 2.23. The Morgan fingerprint density at radius 3 is 2.63 bits per heavy atom. The van der Waals surface area contributed by atoms with E-state index < -0.39 is 0 Å². The summed E-state index contributed by atoms with van der Waals surface area (Å²) in [5.74, 6) is 0.974. The third-order valence-corrected chi connectivity index (χ3v) is 3.49. The lowest BCUT2D eigenvalue weighted by atomic mass is 9.79. The highest BCUT2D eigenvalue weighted by Crippen LogP contribution is 2.30. The van der Waals surface area contributed by atoms with Gasteiger partial charge in [0.1, 0.15) is 5.75 Å². The van der Waals surface area contributed by atoms with Crippen LogP contribution < -0.4 is 10.1 Å². The molecule has 0 amide bonds. The SMILES string of the molecule is CCCNC(C)CC(C)(C)c1cccc(OCC)c1. The molecule has 1 unspecified atom stereocenters. The monoisotopic (exact) mass is 263 g/mol. The number of nitrogens with one attached hydrogen (secondary N) is 1. The molecule has 1 aromatic carbocycles. The molecule has 0 saturated carbocycles. The van der Waals surface area contributed by atoms with E-state index in [1.807, 2.05) is 13.0 Å². The quantitative estimate of drug-likeness (QED) is 0.761. The van der Waals surface area contributed by atoms with Crippen LogP contribution in [0.4, 0.5) is 0 Å². The molecule has 2 heteroatoms. The van der Waals surface area contributed by atoms with Gasteiger partial charge in [-0.3, -0.25) is 0 Å². The minimum atomic E-state index is 0.160. The maximum Gasteiger partial charge on any atom is 0.119 e. The van der Waals surface area contributed by atoms with Crippen molar-refractivity contribution in [3.8, 4) is 5.75 Å². The summed E-state index contributed by atoms with van der Waals surface area (Å²) in [6.45, 7) is 12.9. The first-order valence-electron chi connectivity index (χ1n) is 7.46. The van der Waals surface area contributed by atoms with E-state index >= 15 is 0 Å². The molecule has 1 atom stereocenters. The van der Waals surface area contributed by atoms with Crippen molar-refractivity contribution >= 4 is 0 Å². The zero-order valence-electron chi connectivity index (χ0n) is 13.1. The number of rotatable bonds is 8. The third kappa shape index (κ3) is 5.23. The Kier molecular flexibility index (Phi) is 6.36. The van der Waals surface area contributed by atoms with Crippen LogP contribution in [0.3, 0.4) is 0 Å². The van der Waals surface area contributed by atoms with Crippen molar-refractivity contribution in [1.29, 1.82) is 0 Å². The second-order valence-corrected chi connectivity index (χ2v) is 5.90. The van der Waals surface area contributed by atoms with Gasteiger partial charge in [-0.2, -0.15) is 0 Å². The average molecular weight is 263 g/mol. The maximum atomic E-state index is 5.60. The zero-order chi connectivity index (χ0) is 14.3. The lowest BCUT2D eigenvalue weighted by Crippen LogP contribution is -2.33. The van der Waals surface area contributed by atoms with Gasteiger partial charge < -0.3 is 10.1 Å². The van der Waals surface area contributed by atoms with Gasteiger partial charge in [-0.15, -0.1) is 0 Å². The van der Waals surface area contributed by atoms with Crippen molar-refractivity contribution in [2.45, 2.75) is 58.9 Å². The van der Waals surface area contributed by atoms with Gasteiger partial charge in [0.15, 0.2) is 0 Å². The van der Waals surface area contributed by atoms with Crippen LogP contribution in [0.1, 0.15) is 53.0 Å². The highest BCUT2D eigenvalue weighted by atomic mass is 16.5. The van der Waals surface area contributed by atoms with E-state index in [0.717, 1.165) is 25.3 Å². The molecule has 0 aliphatic carbocycles. The molecule has 1 rings (SSSR count). The van der Waals surface area contributed by atoms with Gasteiger partial charge in [0, 0.05) is 6.04 Å². The van der Waals surface area contributed by atoms with Crippen LogP contribution >= 0.6 is 0 Å². The minimum absolute atomic E-state index is 0.160. The molecule has 0 heterocycles. The molecule has 0 fully saturated rings. The lowest BCUT2D eigenvalue weighted by molar-refractivity contribution is 0.337. The molecule has 108 valence electrons. The predicted molar refractivity (Wildman–Crippen MR) is 83.0 cm³/mol. The summed E-state index contributed by atoms with van der Waals surface area (Å²) in [6, 6.07) is 9.03. The normalized spacial score (nSPS) is 13.3. The first-order valence-corrected chi connectivity index (χ1v) is 7.46. The largest absolute Gasteiger partial charge is 0.494 e. The Morgan fingerprint density at radius 1 is 1.26 bits per heavy atom. The number of hydrogen-bond donors (Lipinski definition) is 1. The number of ether oxygens (including phenoxy) is 1. The first kappa shape index (κ1) is 16.0. The van der Waals surface area contributed by atoms with Crippen LogP contribution in [0.15, 0.2) is 24.3 Å². The van der Waals surface area contributed by atoms with Gasteiger partial charge >= 0.3 is 0 Å². The topological polar surface area (TPSA) is 21.3 Å². The fraction of sp³-hybridized carbons (Fsp3) is 0.647. The Labute approximate surface area is 118 Å². The van der Waals surface area contributed by atoms with E-state index in [2.05, 4.69) is 51.2 Å². The fourth-order valence-corrected chi connectivity index (χ4v) is 2.52. The molecular weight excluding hydrogens is 234 g/mol. The van der Waals surface area contributed by atoms with E-state index in [0.29, 0.717) is 6.04 Å². The fourth-order valence-electron chi connectivity index (χ4n) is 2.52. The first-order chi connectivity index (χ1) is 8.99. The predicted octanol–water partition coefficient (Wildman–Crippen LogP) is 4.14. The van der Waals surface area contributed by atoms with Crippen molar-refractivity contribution in [2.24, 2.45) is 0 Å². The Balaban J connectivity index is 2.72. The van der Waals surface area contributed by atoms with Crippen molar-refractivity contribution in [1.82, 2.24) is 5.32 Å². The molecule has 0 aliphatic heterocycles. The van der Waals surface area contributed by atoms with E-state index in [1.54, 1.807) is 0 Å². The van der Waals surface area contributed by atoms with E-state index in [4.69, 9.17) is 4.74 Å². The van der Waals surface area contributed by atoms with Crippen molar-refractivity contribution in [2.75, 3.05) is 13.2 Å². The Morgan fingerprint density at radius 2 is 2.00 bits per heavy atom. The van der Waals surface area contributed by atoms with Crippen molar-refractivity contribution < 1.29 is 4.74 Å². The minimum Gasteiger partial charge on any atom is -0.494 e. The summed E-state index contributed by atoms with van der Waals surface area (Å²) in [7, 11) is 0. The molecule has 0 aromatic heterocycles. The van der Waals surface area contributed by atoms with E-state index in [1.165, 1.54) is 12.0 Å². The summed E-state index contributed by atoms with van der Waals surface area (Å²) in [5, 5.41) is 3.57. The Hall–Kier alpha value is -1.02. The number of hydrogen-bond acceptors (Lipinski definition) is 2. The molecule has 0 radical (unpaired) electrons. The third-order valence-electron chi connectivity index (χ3n) is 3.49. The van der Waals surface area contributed by atoms with Crippen LogP contribution in [0.25, 0.3) is 0 Å². The van der Waals surface area contributed by atoms with E-state index in [9.17, 15) is 0 Å². The summed E-state index contributed by atoms with van der Waals surface area (Å²) >= 11 is 0. The van der Waals surface area contributed by atoms with Crippen molar-refractivity contribution in [3.63, 3.8) is 0 Å². The van der Waals surface area contributed by atoms with Gasteiger partial charge in [0.2, 0.25) is 0 Å². The highest BCUT2D eigenvalue weighted by molar-refractivity contribution is 5.33. The standard InChI is InChI=1S/C17H29NO/c1-6-11-18-14(3)13-17(4,5)15-9-8-10-16(12-15)19-7-2/h8-10,12,14,18H,6-7,11,13H2,1-5H3. The molecule has 0 spiro atoms. The smallest absolute Gasteiger partial charge is 0.119 e. The average Bonchev–Trinajstić information content (AvgIpc) is 2.36. The summed E-state index contributed by atoms with van der Waals surface area (Å²) in [4.78, 5) is 0. The summed E-state index contributed by atoms with van der Waals surface area (Å²) in [5.41, 5.74) is 1.51. The molecule has 1 N–H and O–H groups in total. The van der Waals surface area contributed by atoms with Gasteiger partial charge in [-0.1, -0.05) is 32.9 Å². The second-order valence-electron chi connectivity index (χ2n) is 5.90. The lowest BCUT2D eigenvalue weighted by Gasteiger charge is -2.29. The van der Waals surface area contributed by atoms with Gasteiger partial charge in [0.05, 0.1) is 6.61 Å². The second kappa shape index (κ2) is 7.54. The van der Waals surface area contributed by atoms with Crippen LogP contribution in [0.2, 0.25) is 0 Å². The van der Waals surface area contributed by atoms with Crippen LogP contribution in [0, 0.1) is 0 Å². The molecule has 0 aliphatic rings. The molecule has 19 heavy (non-hydrogen) atoms. The maximum absolute atomic E-state index is 5.60. The van der Waals surface area contributed by atoms with Crippen LogP contribution in [0.5, 0.6) is 5.75 Å². The summed E-state index contributed by atoms with van der Waals surface area (Å²) in [6.07, 6.45) is 2.31. The molecule has 1 aromatic rings. The molecule has 0 bridgehead atoms.